The Kier molecular flexibility index (Phi) is 11.2. The number of carbonyl (C=O) groups excluding carboxylic acids is 1. The van der Waals surface area contributed by atoms with Crippen LogP contribution in [0.2, 0.25) is 0 Å². The fourth-order valence-corrected chi connectivity index (χ4v) is 6.83. The van der Waals surface area contributed by atoms with Gasteiger partial charge >= 0.3 is 0 Å². The van der Waals surface area contributed by atoms with E-state index >= 15 is 0 Å². The topological polar surface area (TPSA) is 136 Å². The molecule has 3 aromatic carbocycles. The first-order valence-electron chi connectivity index (χ1n) is 18.0. The first-order chi connectivity index (χ1) is 26.6. The maximum absolute atomic E-state index is 15.0. The molecule has 2 fully saturated rings. The Morgan fingerprint density at radius 3 is 2.42 bits per heavy atom. The molecule has 1 amide bonds. The molecule has 55 heavy (non-hydrogen) atoms. The van der Waals surface area contributed by atoms with E-state index in [9.17, 15) is 18.4 Å². The number of ether oxygens (including phenoxy) is 5. The van der Waals surface area contributed by atoms with Gasteiger partial charge in [-0.1, -0.05) is 25.1 Å². The SMILES string of the molecule is COc1cc(-c2cnc(N)c(-c3ccc(NC(=O)c4cn(CC5(C)CCOCC5)cc(-c5ccc(F)cc5F)c4=O)cc3)c2)ccc1OC[C@H]1COCCO1. The Hall–Kier alpha value is -5.63. The quantitative estimate of drug-likeness (QED) is 0.147. The molecule has 2 aromatic heterocycles. The van der Waals surface area contributed by atoms with Gasteiger partial charge in [-0.2, -0.15) is 0 Å². The molecule has 0 bridgehead atoms. The van der Waals surface area contributed by atoms with Crippen LogP contribution in [0.5, 0.6) is 11.5 Å². The first-order valence-corrected chi connectivity index (χ1v) is 18.0. The summed E-state index contributed by atoms with van der Waals surface area (Å²) in [6, 6.07) is 17.5. The zero-order valence-electron chi connectivity index (χ0n) is 30.6. The minimum absolute atomic E-state index is 0.0389. The van der Waals surface area contributed by atoms with Crippen molar-refractivity contribution in [2.24, 2.45) is 5.41 Å². The van der Waals surface area contributed by atoms with Crippen molar-refractivity contribution in [1.29, 1.82) is 0 Å². The summed E-state index contributed by atoms with van der Waals surface area (Å²) < 4.78 is 58.8. The van der Waals surface area contributed by atoms with E-state index in [0.29, 0.717) is 74.8 Å². The molecule has 0 unspecified atom stereocenters. The van der Waals surface area contributed by atoms with E-state index in [1.54, 1.807) is 42.1 Å². The number of nitrogens with zero attached hydrogens (tertiary/aromatic N) is 2. The van der Waals surface area contributed by atoms with Crippen molar-refractivity contribution in [1.82, 2.24) is 9.55 Å². The third kappa shape index (κ3) is 8.69. The van der Waals surface area contributed by atoms with Crippen LogP contribution >= 0.6 is 0 Å². The number of carbonyl (C=O) groups is 1. The molecule has 13 heteroatoms. The van der Waals surface area contributed by atoms with Gasteiger partial charge in [0, 0.05) is 72.4 Å². The highest BCUT2D eigenvalue weighted by Gasteiger charge is 2.29. The predicted molar refractivity (Wildman–Crippen MR) is 204 cm³/mol. The summed E-state index contributed by atoms with van der Waals surface area (Å²) in [6.45, 7) is 5.67. The van der Waals surface area contributed by atoms with Crippen LogP contribution in [0.4, 0.5) is 20.3 Å². The lowest BCUT2D eigenvalue weighted by molar-refractivity contribution is -0.101. The van der Waals surface area contributed by atoms with Gasteiger partial charge in [-0.25, -0.2) is 13.8 Å². The van der Waals surface area contributed by atoms with Crippen LogP contribution in [0, 0.1) is 17.0 Å². The average Bonchev–Trinajstić information content (AvgIpc) is 3.19. The van der Waals surface area contributed by atoms with E-state index < -0.39 is 23.0 Å². The van der Waals surface area contributed by atoms with Crippen LogP contribution in [0.3, 0.4) is 0 Å². The third-order valence-electron chi connectivity index (χ3n) is 9.99. The Balaban J connectivity index is 1.11. The van der Waals surface area contributed by atoms with Gasteiger partial charge in [0.15, 0.2) is 11.5 Å². The highest BCUT2D eigenvalue weighted by atomic mass is 19.1. The molecule has 286 valence electrons. The summed E-state index contributed by atoms with van der Waals surface area (Å²) >= 11 is 0. The van der Waals surface area contributed by atoms with Crippen molar-refractivity contribution in [3.05, 3.63) is 113 Å². The van der Waals surface area contributed by atoms with E-state index in [2.05, 4.69) is 17.2 Å². The second-order valence-electron chi connectivity index (χ2n) is 14.1. The molecule has 1 atom stereocenters. The van der Waals surface area contributed by atoms with Gasteiger partial charge in [-0.15, -0.1) is 0 Å². The number of halogens is 2. The highest BCUT2D eigenvalue weighted by molar-refractivity contribution is 6.04. The average molecular weight is 753 g/mol. The number of methoxy groups -OCH3 is 1. The van der Waals surface area contributed by atoms with Gasteiger partial charge in [-0.05, 0) is 71.8 Å². The number of hydrogen-bond donors (Lipinski definition) is 2. The second kappa shape index (κ2) is 16.4. The lowest BCUT2D eigenvalue weighted by Gasteiger charge is -2.34. The predicted octanol–water partition coefficient (Wildman–Crippen LogP) is 6.98. The first kappa shape index (κ1) is 37.7. The van der Waals surface area contributed by atoms with E-state index in [1.165, 1.54) is 18.5 Å². The van der Waals surface area contributed by atoms with E-state index in [0.717, 1.165) is 41.7 Å². The molecule has 3 N–H and O–H groups in total. The third-order valence-corrected chi connectivity index (χ3v) is 9.99. The van der Waals surface area contributed by atoms with Gasteiger partial charge in [0.1, 0.15) is 35.7 Å². The molecule has 2 saturated heterocycles. The van der Waals surface area contributed by atoms with Crippen molar-refractivity contribution >= 4 is 17.4 Å². The Morgan fingerprint density at radius 1 is 0.909 bits per heavy atom. The maximum Gasteiger partial charge on any atom is 0.261 e. The van der Waals surface area contributed by atoms with E-state index in [4.69, 9.17) is 29.4 Å². The van der Waals surface area contributed by atoms with Crippen LogP contribution in [0.15, 0.2) is 90.1 Å². The van der Waals surface area contributed by atoms with Crippen molar-refractivity contribution in [2.75, 3.05) is 57.8 Å². The Bertz CT molecular complexity index is 2230. The molecule has 2 aliphatic heterocycles. The largest absolute Gasteiger partial charge is 0.493 e. The van der Waals surface area contributed by atoms with Gasteiger partial charge < -0.3 is 39.3 Å². The van der Waals surface area contributed by atoms with E-state index in [-0.39, 0.29) is 28.2 Å². The molecular formula is C42H42F2N4O7. The number of benzene rings is 3. The molecule has 2 aliphatic rings. The standard InChI is InChI=1S/C42H42F2N4O7/c1-42(11-13-52-14-12-42)25-48-21-34(32-9-6-29(43)19-36(32)44)39(49)35(22-48)41(50)47-30-7-3-26(4-8-30)33-17-28(20-46-40(33)45)27-5-10-37(38(18-27)51-2)55-24-31-23-53-15-16-54-31/h3-10,17-22,31H,11-16,23-25H2,1-2H3,(H2,45,46)(H,47,50)/t31-/m1/s1. The van der Waals surface area contributed by atoms with Gasteiger partial charge in [0.05, 0.1) is 26.9 Å². The van der Waals surface area contributed by atoms with Crippen LogP contribution in [0.1, 0.15) is 30.1 Å². The monoisotopic (exact) mass is 752 g/mol. The van der Waals surface area contributed by atoms with Crippen LogP contribution < -0.4 is 26.0 Å². The number of aromatic nitrogens is 2. The summed E-state index contributed by atoms with van der Waals surface area (Å²) in [5.74, 6) is -0.902. The number of nitrogens with two attached hydrogens (primary N) is 1. The molecule has 0 saturated carbocycles. The normalized spacial score (nSPS) is 16.7. The summed E-state index contributed by atoms with van der Waals surface area (Å²) in [7, 11) is 1.57. The van der Waals surface area contributed by atoms with Gasteiger partial charge in [0.2, 0.25) is 5.43 Å². The van der Waals surface area contributed by atoms with Crippen molar-refractivity contribution in [3.8, 4) is 44.9 Å². The minimum Gasteiger partial charge on any atom is -0.493 e. The number of amides is 1. The van der Waals surface area contributed by atoms with Crippen molar-refractivity contribution < 1.29 is 37.3 Å². The van der Waals surface area contributed by atoms with Crippen LogP contribution in [-0.4, -0.2) is 68.3 Å². The summed E-state index contributed by atoms with van der Waals surface area (Å²) in [5.41, 5.74) is 8.64. The summed E-state index contributed by atoms with van der Waals surface area (Å²) in [6.07, 6.45) is 6.09. The molecular weight excluding hydrogens is 710 g/mol. The molecule has 0 radical (unpaired) electrons. The fourth-order valence-electron chi connectivity index (χ4n) is 6.83. The smallest absolute Gasteiger partial charge is 0.261 e. The van der Waals surface area contributed by atoms with Crippen molar-refractivity contribution in [3.63, 3.8) is 0 Å². The molecule has 5 aromatic rings. The zero-order chi connectivity index (χ0) is 38.5. The number of anilines is 2. The minimum atomic E-state index is -0.895. The summed E-state index contributed by atoms with van der Waals surface area (Å²) in [5, 5.41) is 2.81. The molecule has 11 nitrogen and oxygen atoms in total. The van der Waals surface area contributed by atoms with Crippen molar-refractivity contribution in [2.45, 2.75) is 32.4 Å². The number of nitrogens with one attached hydrogen (secondary N) is 1. The van der Waals surface area contributed by atoms with Crippen LogP contribution in [0.25, 0.3) is 33.4 Å². The highest BCUT2D eigenvalue weighted by Crippen LogP contribution is 2.36. The number of rotatable bonds is 11. The fraction of sp³-hybridized carbons (Fsp3) is 0.310. The van der Waals surface area contributed by atoms with Crippen LogP contribution in [-0.2, 0) is 20.8 Å². The number of nitrogen functional groups attached to an aromatic ring is 1. The molecule has 0 aliphatic carbocycles. The Morgan fingerprint density at radius 2 is 1.69 bits per heavy atom. The molecule has 7 rings (SSSR count). The maximum atomic E-state index is 15.0. The lowest BCUT2D eigenvalue weighted by Crippen LogP contribution is -2.33. The van der Waals surface area contributed by atoms with E-state index in [1.807, 2.05) is 24.3 Å². The van der Waals surface area contributed by atoms with Gasteiger partial charge in [0.25, 0.3) is 5.91 Å². The lowest BCUT2D eigenvalue weighted by atomic mass is 9.82. The zero-order valence-corrected chi connectivity index (χ0v) is 30.6. The second-order valence-corrected chi connectivity index (χ2v) is 14.1. The molecule has 4 heterocycles. The summed E-state index contributed by atoms with van der Waals surface area (Å²) in [4.78, 5) is 31.9. The Labute approximate surface area is 317 Å². The van der Waals surface area contributed by atoms with Gasteiger partial charge in [-0.3, -0.25) is 9.59 Å². The number of pyridine rings is 2. The number of hydrogen-bond acceptors (Lipinski definition) is 9. The molecule has 0 spiro atoms.